The second kappa shape index (κ2) is 6.30. The summed E-state index contributed by atoms with van der Waals surface area (Å²) in [6.45, 7) is 4.30. The van der Waals surface area contributed by atoms with E-state index >= 15 is 0 Å². The minimum absolute atomic E-state index is 0.113. The largest absolute Gasteiger partial charge is 0.271 e. The summed E-state index contributed by atoms with van der Waals surface area (Å²) in [6, 6.07) is 9.10. The maximum atomic E-state index is 5.90. The molecule has 0 amide bonds. The van der Waals surface area contributed by atoms with E-state index in [0.29, 0.717) is 0 Å². The summed E-state index contributed by atoms with van der Waals surface area (Å²) in [6.07, 6.45) is 6.50. The lowest BCUT2D eigenvalue weighted by Gasteiger charge is -2.18. The Morgan fingerprint density at radius 2 is 1.90 bits per heavy atom. The Kier molecular flexibility index (Phi) is 4.43. The first-order chi connectivity index (χ1) is 10.2. The number of nitrogens with two attached hydrogens (primary N) is 1. The molecule has 0 aliphatic heterocycles. The topological polar surface area (TPSA) is 38.0 Å². The minimum Gasteiger partial charge on any atom is -0.271 e. The summed E-state index contributed by atoms with van der Waals surface area (Å²) in [4.78, 5) is 2.94. The molecule has 1 aromatic heterocycles. The highest BCUT2D eigenvalue weighted by molar-refractivity contribution is 7.12. The van der Waals surface area contributed by atoms with Gasteiger partial charge in [0.05, 0.1) is 6.04 Å². The monoisotopic (exact) mass is 300 g/mol. The lowest BCUT2D eigenvalue weighted by molar-refractivity contribution is 0.642. The smallest absolute Gasteiger partial charge is 0.0805 e. The van der Waals surface area contributed by atoms with Crippen LogP contribution in [-0.2, 0) is 12.8 Å². The summed E-state index contributed by atoms with van der Waals surface area (Å²) in [5.74, 6) is 5.90. The van der Waals surface area contributed by atoms with Crippen molar-refractivity contribution in [3.05, 3.63) is 56.3 Å². The SMILES string of the molecule is Cc1ccc(C)c(C(NN)c2cc3c(s2)CCCCC3)c1. The molecule has 3 N–H and O–H groups in total. The van der Waals surface area contributed by atoms with E-state index in [2.05, 4.69) is 43.5 Å². The average Bonchev–Trinajstić information content (AvgIpc) is 2.74. The van der Waals surface area contributed by atoms with Crippen LogP contribution in [0.25, 0.3) is 0 Å². The van der Waals surface area contributed by atoms with E-state index in [-0.39, 0.29) is 6.04 Å². The fourth-order valence-corrected chi connectivity index (χ4v) is 4.57. The zero-order valence-electron chi connectivity index (χ0n) is 12.9. The quantitative estimate of drug-likeness (QED) is 0.507. The molecule has 1 atom stereocenters. The molecule has 2 aromatic rings. The molecule has 112 valence electrons. The molecule has 1 aliphatic carbocycles. The van der Waals surface area contributed by atoms with Crippen molar-refractivity contribution in [1.82, 2.24) is 5.43 Å². The Bertz CT molecular complexity index is 607. The molecule has 1 heterocycles. The number of hydrogen-bond acceptors (Lipinski definition) is 3. The van der Waals surface area contributed by atoms with Crippen molar-refractivity contribution in [2.75, 3.05) is 0 Å². The Hall–Kier alpha value is -1.16. The molecule has 0 spiro atoms. The van der Waals surface area contributed by atoms with E-state index in [9.17, 15) is 0 Å². The van der Waals surface area contributed by atoms with Gasteiger partial charge < -0.3 is 0 Å². The summed E-state index contributed by atoms with van der Waals surface area (Å²) >= 11 is 1.95. The number of aryl methyl sites for hydroxylation is 4. The normalized spacial score (nSPS) is 16.3. The molecule has 3 heteroatoms. The van der Waals surface area contributed by atoms with Crippen LogP contribution in [-0.4, -0.2) is 0 Å². The van der Waals surface area contributed by atoms with Crippen molar-refractivity contribution in [2.24, 2.45) is 5.84 Å². The average molecular weight is 300 g/mol. The maximum Gasteiger partial charge on any atom is 0.0805 e. The zero-order valence-corrected chi connectivity index (χ0v) is 13.7. The van der Waals surface area contributed by atoms with Crippen molar-refractivity contribution in [3.63, 3.8) is 0 Å². The zero-order chi connectivity index (χ0) is 14.8. The number of hydrazine groups is 1. The second-order valence-corrected chi connectivity index (χ2v) is 7.29. The summed E-state index contributed by atoms with van der Waals surface area (Å²) in [7, 11) is 0. The fourth-order valence-electron chi connectivity index (χ4n) is 3.23. The highest BCUT2D eigenvalue weighted by Gasteiger charge is 2.20. The minimum atomic E-state index is 0.113. The van der Waals surface area contributed by atoms with Gasteiger partial charge in [0.25, 0.3) is 0 Å². The van der Waals surface area contributed by atoms with Gasteiger partial charge in [0.15, 0.2) is 0 Å². The van der Waals surface area contributed by atoms with Crippen LogP contribution in [0.2, 0.25) is 0 Å². The molecule has 3 rings (SSSR count). The maximum absolute atomic E-state index is 5.90. The van der Waals surface area contributed by atoms with Crippen LogP contribution in [0.4, 0.5) is 0 Å². The molecular weight excluding hydrogens is 276 g/mol. The van der Waals surface area contributed by atoms with Crippen LogP contribution in [0, 0.1) is 13.8 Å². The van der Waals surface area contributed by atoms with Crippen LogP contribution in [0.15, 0.2) is 24.3 Å². The number of benzene rings is 1. The van der Waals surface area contributed by atoms with Crippen LogP contribution in [0.5, 0.6) is 0 Å². The first-order valence-corrected chi connectivity index (χ1v) is 8.65. The van der Waals surface area contributed by atoms with Gasteiger partial charge in [-0.1, -0.05) is 30.2 Å². The Labute approximate surface area is 131 Å². The van der Waals surface area contributed by atoms with Gasteiger partial charge in [0.2, 0.25) is 0 Å². The van der Waals surface area contributed by atoms with E-state index < -0.39 is 0 Å². The Morgan fingerprint density at radius 1 is 1.10 bits per heavy atom. The first-order valence-electron chi connectivity index (χ1n) is 7.84. The second-order valence-electron chi connectivity index (χ2n) is 6.12. The van der Waals surface area contributed by atoms with Crippen LogP contribution >= 0.6 is 11.3 Å². The Morgan fingerprint density at radius 3 is 2.71 bits per heavy atom. The number of thiophene rings is 1. The third kappa shape index (κ3) is 3.05. The number of rotatable bonds is 3. The van der Waals surface area contributed by atoms with Gasteiger partial charge in [-0.2, -0.15) is 0 Å². The van der Waals surface area contributed by atoms with Crippen molar-refractivity contribution < 1.29 is 0 Å². The molecule has 0 saturated heterocycles. The standard InChI is InChI=1S/C18H24N2S/c1-12-8-9-13(2)15(10-12)18(20-19)17-11-14-6-4-3-5-7-16(14)21-17/h8-11,18,20H,3-7,19H2,1-2H3. The van der Waals surface area contributed by atoms with Gasteiger partial charge in [-0.25, -0.2) is 5.43 Å². The Balaban J connectivity index is 1.98. The van der Waals surface area contributed by atoms with Crippen molar-refractivity contribution in [2.45, 2.75) is 52.0 Å². The highest BCUT2D eigenvalue weighted by atomic mass is 32.1. The van der Waals surface area contributed by atoms with E-state index in [4.69, 9.17) is 5.84 Å². The molecule has 1 aromatic carbocycles. The van der Waals surface area contributed by atoms with E-state index in [1.165, 1.54) is 53.7 Å². The van der Waals surface area contributed by atoms with Crippen molar-refractivity contribution in [3.8, 4) is 0 Å². The predicted molar refractivity (Wildman–Crippen MR) is 90.7 cm³/mol. The van der Waals surface area contributed by atoms with Crippen LogP contribution in [0.1, 0.15) is 57.3 Å². The predicted octanol–water partition coefficient (Wildman–Crippen LogP) is 4.19. The number of fused-ring (bicyclic) bond motifs is 1. The summed E-state index contributed by atoms with van der Waals surface area (Å²) in [5, 5.41) is 0. The highest BCUT2D eigenvalue weighted by Crippen LogP contribution is 2.35. The molecule has 0 radical (unpaired) electrons. The first kappa shape index (κ1) is 14.8. The molecule has 1 unspecified atom stereocenters. The van der Waals surface area contributed by atoms with Gasteiger partial charge >= 0.3 is 0 Å². The van der Waals surface area contributed by atoms with E-state index in [1.807, 2.05) is 11.3 Å². The molecule has 0 fully saturated rings. The third-order valence-corrected chi connectivity index (χ3v) is 5.76. The van der Waals surface area contributed by atoms with E-state index in [1.54, 1.807) is 10.4 Å². The molecule has 0 saturated carbocycles. The van der Waals surface area contributed by atoms with Gasteiger partial charge in [0, 0.05) is 9.75 Å². The van der Waals surface area contributed by atoms with Gasteiger partial charge in [-0.3, -0.25) is 5.84 Å². The molecule has 0 bridgehead atoms. The van der Waals surface area contributed by atoms with Crippen molar-refractivity contribution >= 4 is 11.3 Å². The summed E-state index contributed by atoms with van der Waals surface area (Å²) in [5.41, 5.74) is 8.48. The summed E-state index contributed by atoms with van der Waals surface area (Å²) < 4.78 is 0. The molecular formula is C18H24N2S. The number of nitrogens with one attached hydrogen (secondary N) is 1. The lowest BCUT2D eigenvalue weighted by Crippen LogP contribution is -2.28. The molecule has 1 aliphatic rings. The van der Waals surface area contributed by atoms with Gasteiger partial charge in [-0.15, -0.1) is 11.3 Å². The van der Waals surface area contributed by atoms with Crippen LogP contribution < -0.4 is 11.3 Å². The molecule has 21 heavy (non-hydrogen) atoms. The fraction of sp³-hybridized carbons (Fsp3) is 0.444. The van der Waals surface area contributed by atoms with Crippen LogP contribution in [0.3, 0.4) is 0 Å². The van der Waals surface area contributed by atoms with Gasteiger partial charge in [-0.05, 0) is 62.3 Å². The number of hydrogen-bond donors (Lipinski definition) is 2. The third-order valence-electron chi connectivity index (χ3n) is 4.46. The molecule has 2 nitrogen and oxygen atoms in total. The van der Waals surface area contributed by atoms with Crippen molar-refractivity contribution in [1.29, 1.82) is 0 Å². The van der Waals surface area contributed by atoms with E-state index in [0.717, 1.165) is 0 Å². The van der Waals surface area contributed by atoms with Gasteiger partial charge in [0.1, 0.15) is 0 Å². The lowest BCUT2D eigenvalue weighted by atomic mass is 9.97.